The highest BCUT2D eigenvalue weighted by molar-refractivity contribution is 6.81. The molecule has 0 aliphatic carbocycles. The first-order valence-corrected chi connectivity index (χ1v) is 8.47. The van der Waals surface area contributed by atoms with Gasteiger partial charge in [0.1, 0.15) is 0 Å². The average Bonchev–Trinajstić information content (AvgIpc) is 2.37. The molecule has 0 rings (SSSR count). The van der Waals surface area contributed by atoms with Crippen molar-refractivity contribution in [3.05, 3.63) is 48.6 Å². The van der Waals surface area contributed by atoms with Gasteiger partial charge in [-0.25, -0.2) is 0 Å². The maximum atomic E-state index is 3.91. The second kappa shape index (κ2) is 11.3. The van der Waals surface area contributed by atoms with E-state index in [0.29, 0.717) is 6.71 Å². The summed E-state index contributed by atoms with van der Waals surface area (Å²) >= 11 is 0. The van der Waals surface area contributed by atoms with E-state index >= 15 is 0 Å². The summed E-state index contributed by atoms with van der Waals surface area (Å²) in [5.74, 6) is 0. The molecule has 0 aromatic heterocycles. The second-order valence-electron chi connectivity index (χ2n) is 4.61. The molecule has 0 atom stereocenters. The Hall–Kier alpha value is -0.758. The van der Waals surface area contributed by atoms with E-state index in [1.54, 1.807) is 10.7 Å². The molecular formula is C16H27BSi. The van der Waals surface area contributed by atoms with Gasteiger partial charge in [0, 0.05) is 0 Å². The van der Waals surface area contributed by atoms with Gasteiger partial charge >= 0.3 is 0 Å². The first-order valence-electron chi connectivity index (χ1n) is 6.97. The molecule has 0 nitrogen and oxygen atoms in total. The van der Waals surface area contributed by atoms with E-state index in [-0.39, 0.29) is 0 Å². The molecule has 2 heteroatoms. The molecule has 98 valence electrons. The first kappa shape index (κ1) is 17.2. The predicted molar refractivity (Wildman–Crippen MR) is 88.7 cm³/mol. The zero-order valence-electron chi connectivity index (χ0n) is 12.2. The monoisotopic (exact) mass is 258 g/mol. The molecule has 0 aromatic carbocycles. The third-order valence-corrected chi connectivity index (χ3v) is 4.48. The van der Waals surface area contributed by atoms with Crippen molar-refractivity contribution in [3.63, 3.8) is 0 Å². The first-order chi connectivity index (χ1) is 8.74. The van der Waals surface area contributed by atoms with Crippen LogP contribution in [0.1, 0.15) is 32.6 Å². The molecule has 0 amide bonds. The van der Waals surface area contributed by atoms with Crippen LogP contribution in [0.2, 0.25) is 19.2 Å². The number of unbranched alkanes of at least 4 members (excludes halogenated alkanes) is 1. The molecule has 0 heterocycles. The van der Waals surface area contributed by atoms with Crippen LogP contribution in [0, 0.1) is 0 Å². The van der Waals surface area contributed by atoms with Gasteiger partial charge in [-0.3, -0.25) is 0 Å². The lowest BCUT2D eigenvalue weighted by Gasteiger charge is -2.19. The third kappa shape index (κ3) is 6.25. The molecule has 0 N–H and O–H groups in total. The summed E-state index contributed by atoms with van der Waals surface area (Å²) in [6.07, 6.45) is 13.1. The van der Waals surface area contributed by atoms with Crippen molar-refractivity contribution in [1.29, 1.82) is 0 Å². The fraction of sp³-hybridized carbons (Fsp3) is 0.500. The lowest BCUT2D eigenvalue weighted by Crippen LogP contribution is -2.20. The minimum absolute atomic E-state index is 0.607. The van der Waals surface area contributed by atoms with Crippen molar-refractivity contribution in [2.75, 3.05) is 0 Å². The van der Waals surface area contributed by atoms with Crippen molar-refractivity contribution in [1.82, 2.24) is 0 Å². The second-order valence-corrected chi connectivity index (χ2v) is 5.65. The van der Waals surface area contributed by atoms with Crippen molar-refractivity contribution in [2.45, 2.75) is 51.8 Å². The van der Waals surface area contributed by atoms with Crippen molar-refractivity contribution in [2.24, 2.45) is 0 Å². The molecule has 0 saturated heterocycles. The van der Waals surface area contributed by atoms with E-state index in [1.165, 1.54) is 19.3 Å². The Labute approximate surface area is 117 Å². The molecule has 0 bridgehead atoms. The summed E-state index contributed by atoms with van der Waals surface area (Å²) < 4.78 is 0. The number of allylic oxidation sites excluding steroid dienone is 4. The standard InChI is InChI=1S/C16H27BSi/c1-6-10-12-15(11-7-2)16(18-5)17(13-8-3)14-9-4/h7-9H,2-4,6,10-14H2,1,5H3. The minimum Gasteiger partial charge on any atom is -0.114 e. The fourth-order valence-electron chi connectivity index (χ4n) is 2.31. The molecular weight excluding hydrogens is 231 g/mol. The van der Waals surface area contributed by atoms with Gasteiger partial charge in [-0.2, -0.15) is 0 Å². The highest BCUT2D eigenvalue weighted by Gasteiger charge is 2.18. The largest absolute Gasteiger partial charge is 0.172 e. The summed E-state index contributed by atoms with van der Waals surface area (Å²) in [5.41, 5.74) is 1.61. The van der Waals surface area contributed by atoms with Crippen molar-refractivity contribution < 1.29 is 0 Å². The van der Waals surface area contributed by atoms with Crippen LogP contribution in [0.25, 0.3) is 0 Å². The maximum absolute atomic E-state index is 3.91. The van der Waals surface area contributed by atoms with E-state index in [2.05, 4.69) is 33.2 Å². The third-order valence-electron chi connectivity index (χ3n) is 3.18. The van der Waals surface area contributed by atoms with Gasteiger partial charge in [0.25, 0.3) is 0 Å². The van der Waals surface area contributed by atoms with Gasteiger partial charge in [0.15, 0.2) is 6.71 Å². The van der Waals surface area contributed by atoms with E-state index in [4.69, 9.17) is 0 Å². The summed E-state index contributed by atoms with van der Waals surface area (Å²) in [6, 6.07) is 0. The van der Waals surface area contributed by atoms with Gasteiger partial charge in [-0.15, -0.1) is 24.8 Å². The van der Waals surface area contributed by atoms with Gasteiger partial charge < -0.3 is 0 Å². The Morgan fingerprint density at radius 3 is 2.11 bits per heavy atom. The molecule has 0 aliphatic rings. The molecule has 18 heavy (non-hydrogen) atoms. The highest BCUT2D eigenvalue weighted by Crippen LogP contribution is 2.22. The van der Waals surface area contributed by atoms with Gasteiger partial charge in [-0.05, 0) is 19.3 Å². The van der Waals surface area contributed by atoms with Crippen LogP contribution in [0.15, 0.2) is 48.6 Å². The smallest absolute Gasteiger partial charge is 0.114 e. The predicted octanol–water partition coefficient (Wildman–Crippen LogP) is 5.17. The van der Waals surface area contributed by atoms with E-state index in [0.717, 1.165) is 28.6 Å². The Morgan fingerprint density at radius 1 is 1.11 bits per heavy atom. The maximum Gasteiger partial charge on any atom is 0.172 e. The Kier molecular flexibility index (Phi) is 10.9. The van der Waals surface area contributed by atoms with Crippen LogP contribution >= 0.6 is 0 Å². The molecule has 0 aromatic rings. The molecule has 0 fully saturated rings. The van der Waals surface area contributed by atoms with Gasteiger partial charge in [0.2, 0.25) is 0 Å². The molecule has 2 radical (unpaired) electrons. The van der Waals surface area contributed by atoms with E-state index in [9.17, 15) is 0 Å². The summed E-state index contributed by atoms with van der Waals surface area (Å²) in [7, 11) is 0.887. The normalized spacial score (nSPS) is 11.7. The topological polar surface area (TPSA) is 0 Å². The molecule has 0 spiro atoms. The van der Waals surface area contributed by atoms with Crippen LogP contribution in [-0.2, 0) is 0 Å². The molecule has 0 aliphatic heterocycles. The van der Waals surface area contributed by atoms with Gasteiger partial charge in [-0.1, -0.05) is 56.3 Å². The molecule has 0 saturated carbocycles. The fourth-order valence-corrected chi connectivity index (χ4v) is 3.54. The Bertz CT molecular complexity index is 281. The number of hydrogen-bond donors (Lipinski definition) is 0. The quantitative estimate of drug-likeness (QED) is 0.354. The zero-order chi connectivity index (χ0) is 13.8. The SMILES string of the molecule is C=CCB(CC=C)C([Si]C)=C(CC=C)CCCC. The highest BCUT2D eigenvalue weighted by atomic mass is 28.2. The molecule has 0 unspecified atom stereocenters. The zero-order valence-corrected chi connectivity index (χ0v) is 13.2. The number of rotatable bonds is 11. The van der Waals surface area contributed by atoms with Gasteiger partial charge in [0.05, 0.1) is 9.52 Å². The van der Waals surface area contributed by atoms with Crippen LogP contribution in [0.3, 0.4) is 0 Å². The van der Waals surface area contributed by atoms with E-state index in [1.807, 2.05) is 18.2 Å². The summed E-state index contributed by atoms with van der Waals surface area (Å²) in [6.45, 7) is 16.8. The summed E-state index contributed by atoms with van der Waals surface area (Å²) in [5, 5.41) is 1.64. The van der Waals surface area contributed by atoms with Crippen molar-refractivity contribution in [3.8, 4) is 0 Å². The van der Waals surface area contributed by atoms with Crippen LogP contribution in [-0.4, -0.2) is 16.2 Å². The Balaban J connectivity index is 5.11. The number of hydrogen-bond acceptors (Lipinski definition) is 0. The summed E-state index contributed by atoms with van der Waals surface area (Å²) in [4.78, 5) is 0. The van der Waals surface area contributed by atoms with E-state index < -0.39 is 0 Å². The van der Waals surface area contributed by atoms with Crippen LogP contribution < -0.4 is 0 Å². The van der Waals surface area contributed by atoms with Crippen LogP contribution in [0.4, 0.5) is 0 Å². The van der Waals surface area contributed by atoms with Crippen LogP contribution in [0.5, 0.6) is 0 Å². The lowest BCUT2D eigenvalue weighted by atomic mass is 9.43. The average molecular weight is 258 g/mol. The Morgan fingerprint density at radius 2 is 1.72 bits per heavy atom. The minimum atomic E-state index is 0.607. The van der Waals surface area contributed by atoms with Crippen molar-refractivity contribution >= 4 is 16.2 Å². The lowest BCUT2D eigenvalue weighted by molar-refractivity contribution is 0.775.